The van der Waals surface area contributed by atoms with Crippen LogP contribution in [0, 0.1) is 0 Å². The molecule has 1 saturated heterocycles. The van der Waals surface area contributed by atoms with E-state index in [1.54, 1.807) is 7.11 Å². The fourth-order valence-electron chi connectivity index (χ4n) is 1.93. The predicted molar refractivity (Wildman–Crippen MR) is 61.9 cm³/mol. The Morgan fingerprint density at radius 2 is 2.24 bits per heavy atom. The Bertz CT molecular complexity index is 270. The van der Waals surface area contributed by atoms with Crippen molar-refractivity contribution in [1.29, 1.82) is 0 Å². The third-order valence-corrected chi connectivity index (χ3v) is 2.85. The Kier molecular flexibility index (Phi) is 5.76. The lowest BCUT2D eigenvalue weighted by Gasteiger charge is -2.21. The molecule has 1 atom stereocenters. The van der Waals surface area contributed by atoms with E-state index >= 15 is 0 Å². The normalized spacial score (nSPS) is 19.4. The molecule has 1 aliphatic heterocycles. The van der Waals surface area contributed by atoms with E-state index in [4.69, 9.17) is 9.84 Å². The molecular weight excluding hydrogens is 224 g/mol. The summed E-state index contributed by atoms with van der Waals surface area (Å²) in [7, 11) is 1.64. The quantitative estimate of drug-likeness (QED) is 0.673. The Hall–Kier alpha value is -1.30. The number of nitrogens with zero attached hydrogens (tertiary/aromatic N) is 1. The first kappa shape index (κ1) is 13.8. The molecule has 0 bridgehead atoms. The van der Waals surface area contributed by atoms with Crippen LogP contribution < -0.4 is 5.32 Å². The summed E-state index contributed by atoms with van der Waals surface area (Å²) >= 11 is 0. The first-order valence-corrected chi connectivity index (χ1v) is 5.93. The number of amides is 2. The molecule has 1 rings (SSSR count). The highest BCUT2D eigenvalue weighted by molar-refractivity contribution is 5.83. The highest BCUT2D eigenvalue weighted by Gasteiger charge is 2.33. The highest BCUT2D eigenvalue weighted by Crippen LogP contribution is 2.17. The van der Waals surface area contributed by atoms with Crippen LogP contribution >= 0.6 is 0 Å². The molecule has 17 heavy (non-hydrogen) atoms. The molecule has 98 valence electrons. The number of carbonyl (C=O) groups excluding carboxylic acids is 1. The molecule has 0 radical (unpaired) electrons. The smallest absolute Gasteiger partial charge is 0.326 e. The number of hydrogen-bond acceptors (Lipinski definition) is 3. The number of aliphatic carboxylic acids is 1. The van der Waals surface area contributed by atoms with E-state index in [2.05, 4.69) is 5.32 Å². The summed E-state index contributed by atoms with van der Waals surface area (Å²) < 4.78 is 4.90. The summed E-state index contributed by atoms with van der Waals surface area (Å²) in [6, 6.07) is -0.929. The van der Waals surface area contributed by atoms with E-state index in [0.717, 1.165) is 19.3 Å². The molecular formula is C11H20N2O4. The second-order valence-electron chi connectivity index (χ2n) is 4.12. The second-order valence-corrected chi connectivity index (χ2v) is 4.12. The van der Waals surface area contributed by atoms with Crippen LogP contribution in [0.1, 0.15) is 25.7 Å². The summed E-state index contributed by atoms with van der Waals surface area (Å²) in [5.41, 5.74) is 0. The third kappa shape index (κ3) is 4.22. The van der Waals surface area contributed by atoms with Crippen LogP contribution in [0.5, 0.6) is 0 Å². The van der Waals surface area contributed by atoms with Crippen LogP contribution in [-0.2, 0) is 9.53 Å². The number of rotatable bonds is 6. The molecule has 0 saturated carbocycles. The molecule has 0 spiro atoms. The molecule has 1 heterocycles. The lowest BCUT2D eigenvalue weighted by molar-refractivity contribution is -0.141. The molecule has 0 aromatic rings. The van der Waals surface area contributed by atoms with E-state index in [9.17, 15) is 9.59 Å². The summed E-state index contributed by atoms with van der Waals surface area (Å²) in [6.45, 7) is 1.77. The highest BCUT2D eigenvalue weighted by atomic mass is 16.5. The van der Waals surface area contributed by atoms with Gasteiger partial charge in [0.15, 0.2) is 0 Å². The van der Waals surface area contributed by atoms with Crippen molar-refractivity contribution < 1.29 is 19.4 Å². The Morgan fingerprint density at radius 3 is 2.88 bits per heavy atom. The topological polar surface area (TPSA) is 78.9 Å². The van der Waals surface area contributed by atoms with E-state index in [-0.39, 0.29) is 6.03 Å². The zero-order valence-corrected chi connectivity index (χ0v) is 10.1. The fourth-order valence-corrected chi connectivity index (χ4v) is 1.93. The number of carboxylic acid groups (broad SMARTS) is 1. The van der Waals surface area contributed by atoms with Crippen LogP contribution in [0.2, 0.25) is 0 Å². The molecule has 0 aliphatic carbocycles. The van der Waals surface area contributed by atoms with Crippen LogP contribution in [0.25, 0.3) is 0 Å². The molecule has 1 aliphatic rings. The number of urea groups is 1. The van der Waals surface area contributed by atoms with Crippen molar-refractivity contribution in [3.63, 3.8) is 0 Å². The van der Waals surface area contributed by atoms with Gasteiger partial charge in [-0.2, -0.15) is 0 Å². The Balaban J connectivity index is 2.25. The Morgan fingerprint density at radius 1 is 1.47 bits per heavy atom. The van der Waals surface area contributed by atoms with E-state index in [1.807, 2.05) is 0 Å². The van der Waals surface area contributed by atoms with Crippen molar-refractivity contribution >= 4 is 12.0 Å². The molecule has 0 aromatic heterocycles. The van der Waals surface area contributed by atoms with Gasteiger partial charge in [-0.1, -0.05) is 0 Å². The van der Waals surface area contributed by atoms with Crippen molar-refractivity contribution in [2.24, 2.45) is 0 Å². The average Bonchev–Trinajstić information content (AvgIpc) is 2.77. The maximum atomic E-state index is 11.7. The standard InChI is InChI=1S/C11H20N2O4/c1-17-8-3-2-6-12-11(16)13-7-4-5-9(13)10(14)15/h9H,2-8H2,1H3,(H,12,16)(H,14,15). The largest absolute Gasteiger partial charge is 0.480 e. The molecule has 2 N–H and O–H groups in total. The average molecular weight is 244 g/mol. The molecule has 2 amide bonds. The number of carboxylic acids is 1. The van der Waals surface area contributed by atoms with Gasteiger partial charge in [-0.05, 0) is 25.7 Å². The lowest BCUT2D eigenvalue weighted by Crippen LogP contribution is -2.46. The first-order chi connectivity index (χ1) is 8.16. The summed E-state index contributed by atoms with van der Waals surface area (Å²) in [5.74, 6) is -0.919. The fraction of sp³-hybridized carbons (Fsp3) is 0.818. The van der Waals surface area contributed by atoms with Gasteiger partial charge in [0.2, 0.25) is 0 Å². The van der Waals surface area contributed by atoms with E-state index in [0.29, 0.717) is 26.1 Å². The van der Waals surface area contributed by atoms with E-state index in [1.165, 1.54) is 4.90 Å². The molecule has 1 unspecified atom stereocenters. The maximum absolute atomic E-state index is 11.7. The molecule has 1 fully saturated rings. The summed E-state index contributed by atoms with van der Waals surface area (Å²) in [6.07, 6.45) is 3.03. The van der Waals surface area contributed by atoms with Gasteiger partial charge in [-0.3, -0.25) is 0 Å². The zero-order chi connectivity index (χ0) is 12.7. The molecule has 0 aromatic carbocycles. The Labute approximate surface area is 101 Å². The number of ether oxygens (including phenoxy) is 1. The summed E-state index contributed by atoms with van der Waals surface area (Å²) in [5, 5.41) is 11.7. The minimum absolute atomic E-state index is 0.271. The van der Waals surface area contributed by atoms with Crippen molar-refractivity contribution in [2.45, 2.75) is 31.7 Å². The van der Waals surface area contributed by atoms with Gasteiger partial charge in [0.1, 0.15) is 6.04 Å². The van der Waals surface area contributed by atoms with Crippen molar-refractivity contribution in [3.05, 3.63) is 0 Å². The van der Waals surface area contributed by atoms with Crippen LogP contribution in [-0.4, -0.2) is 54.9 Å². The van der Waals surface area contributed by atoms with Gasteiger partial charge < -0.3 is 20.1 Å². The molecule has 6 heteroatoms. The van der Waals surface area contributed by atoms with Gasteiger partial charge in [-0.25, -0.2) is 9.59 Å². The van der Waals surface area contributed by atoms with Crippen molar-refractivity contribution in [2.75, 3.05) is 26.8 Å². The third-order valence-electron chi connectivity index (χ3n) is 2.85. The van der Waals surface area contributed by atoms with Gasteiger partial charge in [0.25, 0.3) is 0 Å². The monoisotopic (exact) mass is 244 g/mol. The number of unbranched alkanes of at least 4 members (excludes halogenated alkanes) is 1. The number of carbonyl (C=O) groups is 2. The zero-order valence-electron chi connectivity index (χ0n) is 10.1. The summed E-state index contributed by atoms with van der Waals surface area (Å²) in [4.78, 5) is 24.0. The SMILES string of the molecule is COCCCCNC(=O)N1CCCC1C(=O)O. The maximum Gasteiger partial charge on any atom is 0.326 e. The first-order valence-electron chi connectivity index (χ1n) is 5.93. The van der Waals surface area contributed by atoms with Gasteiger partial charge >= 0.3 is 12.0 Å². The van der Waals surface area contributed by atoms with E-state index < -0.39 is 12.0 Å². The lowest BCUT2D eigenvalue weighted by atomic mass is 10.2. The van der Waals surface area contributed by atoms with Crippen LogP contribution in [0.3, 0.4) is 0 Å². The van der Waals surface area contributed by atoms with Crippen molar-refractivity contribution in [3.8, 4) is 0 Å². The predicted octanol–water partition coefficient (Wildman–Crippen LogP) is 0.672. The second kappa shape index (κ2) is 7.11. The van der Waals surface area contributed by atoms with Crippen LogP contribution in [0.15, 0.2) is 0 Å². The van der Waals surface area contributed by atoms with Crippen LogP contribution in [0.4, 0.5) is 4.79 Å². The van der Waals surface area contributed by atoms with Crippen molar-refractivity contribution in [1.82, 2.24) is 10.2 Å². The van der Waals surface area contributed by atoms with Gasteiger partial charge in [0, 0.05) is 26.8 Å². The number of methoxy groups -OCH3 is 1. The number of nitrogens with one attached hydrogen (secondary N) is 1. The minimum Gasteiger partial charge on any atom is -0.480 e. The number of likely N-dealkylation sites (tertiary alicyclic amines) is 1. The molecule has 6 nitrogen and oxygen atoms in total. The minimum atomic E-state index is -0.919. The van der Waals surface area contributed by atoms with Gasteiger partial charge in [0.05, 0.1) is 0 Å². The van der Waals surface area contributed by atoms with Gasteiger partial charge in [-0.15, -0.1) is 0 Å². The number of hydrogen-bond donors (Lipinski definition) is 2.